The predicted molar refractivity (Wildman–Crippen MR) is 63.4 cm³/mol. The van der Waals surface area contributed by atoms with Crippen molar-refractivity contribution in [3.63, 3.8) is 0 Å². The summed E-state index contributed by atoms with van der Waals surface area (Å²) in [5, 5.41) is 3.64. The lowest BCUT2D eigenvalue weighted by Crippen LogP contribution is -2.36. The van der Waals surface area contributed by atoms with Crippen LogP contribution in [0.25, 0.3) is 0 Å². The lowest BCUT2D eigenvalue weighted by Gasteiger charge is -2.29. The van der Waals surface area contributed by atoms with Gasteiger partial charge in [-0.2, -0.15) is 0 Å². The molecule has 1 N–H and O–H groups in total. The Balaban J connectivity index is 2.26. The first-order valence-corrected chi connectivity index (χ1v) is 5.90. The first-order chi connectivity index (χ1) is 6.50. The van der Waals surface area contributed by atoms with Gasteiger partial charge in [-0.15, -0.1) is 0 Å². The van der Waals surface area contributed by atoms with Gasteiger partial charge in [-0.05, 0) is 37.1 Å². The van der Waals surface area contributed by atoms with Gasteiger partial charge in [0.1, 0.15) is 0 Å². The van der Waals surface area contributed by atoms with Crippen LogP contribution in [0.2, 0.25) is 0 Å². The smallest absolute Gasteiger partial charge is 0.0250 e. The van der Waals surface area contributed by atoms with Gasteiger partial charge in [-0.25, -0.2) is 0 Å². The fourth-order valence-corrected chi connectivity index (χ4v) is 1.62. The summed E-state index contributed by atoms with van der Waals surface area (Å²) in [5.74, 6) is 0.734. The van der Waals surface area contributed by atoms with Crippen molar-refractivity contribution in [1.29, 1.82) is 0 Å². The Hall–Kier alpha value is -0.300. The van der Waals surface area contributed by atoms with Crippen LogP contribution >= 0.6 is 0 Å². The largest absolute Gasteiger partial charge is 0.310 e. The highest BCUT2D eigenvalue weighted by Gasteiger charge is 2.20. The van der Waals surface area contributed by atoms with E-state index in [9.17, 15) is 0 Å². The minimum absolute atomic E-state index is 0.422. The summed E-state index contributed by atoms with van der Waals surface area (Å²) in [6.45, 7) is 10.4. The Morgan fingerprint density at radius 3 is 2.64 bits per heavy atom. The van der Waals surface area contributed by atoms with Gasteiger partial charge in [0, 0.05) is 6.04 Å². The molecule has 0 spiro atoms. The number of allylic oxidation sites excluding steroid dienone is 1. The standard InChI is InChI=1S/C13H25N/c1-11(13(2,3)4)10-14-12-8-6-5-7-9-12/h6,8,11-12,14H,5,7,9-10H2,1-4H3. The maximum Gasteiger partial charge on any atom is 0.0250 e. The quantitative estimate of drug-likeness (QED) is 0.681. The van der Waals surface area contributed by atoms with E-state index in [-0.39, 0.29) is 0 Å². The molecule has 0 radical (unpaired) electrons. The summed E-state index contributed by atoms with van der Waals surface area (Å²) in [7, 11) is 0. The molecule has 14 heavy (non-hydrogen) atoms. The van der Waals surface area contributed by atoms with Gasteiger partial charge in [0.25, 0.3) is 0 Å². The molecule has 1 aliphatic carbocycles. The number of hydrogen-bond acceptors (Lipinski definition) is 1. The van der Waals surface area contributed by atoms with Crippen LogP contribution in [-0.4, -0.2) is 12.6 Å². The molecular formula is C13H25N. The Morgan fingerprint density at radius 1 is 1.43 bits per heavy atom. The van der Waals surface area contributed by atoms with Gasteiger partial charge in [0.2, 0.25) is 0 Å². The van der Waals surface area contributed by atoms with Crippen molar-refractivity contribution in [3.8, 4) is 0 Å². The highest BCUT2D eigenvalue weighted by atomic mass is 14.9. The topological polar surface area (TPSA) is 12.0 Å². The average molecular weight is 195 g/mol. The van der Waals surface area contributed by atoms with Gasteiger partial charge >= 0.3 is 0 Å². The highest BCUT2D eigenvalue weighted by Crippen LogP contribution is 2.24. The molecule has 0 aliphatic heterocycles. The summed E-state index contributed by atoms with van der Waals surface area (Å²) in [6.07, 6.45) is 8.57. The third-order valence-electron chi connectivity index (χ3n) is 3.42. The predicted octanol–water partition coefficient (Wildman–Crippen LogP) is 3.37. The van der Waals surface area contributed by atoms with Crippen molar-refractivity contribution < 1.29 is 0 Å². The fourth-order valence-electron chi connectivity index (χ4n) is 1.62. The Labute approximate surface area is 89.0 Å². The fraction of sp³-hybridized carbons (Fsp3) is 0.846. The first kappa shape index (κ1) is 11.8. The highest BCUT2D eigenvalue weighted by molar-refractivity contribution is 4.97. The maximum atomic E-state index is 3.64. The van der Waals surface area contributed by atoms with E-state index in [1.807, 2.05) is 0 Å². The zero-order valence-electron chi connectivity index (χ0n) is 10.1. The lowest BCUT2D eigenvalue weighted by molar-refractivity contribution is 0.247. The molecule has 1 rings (SSSR count). The molecule has 0 aromatic heterocycles. The number of nitrogens with one attached hydrogen (secondary N) is 1. The molecule has 0 saturated carbocycles. The van der Waals surface area contributed by atoms with E-state index >= 15 is 0 Å². The third kappa shape index (κ3) is 3.83. The maximum absolute atomic E-state index is 3.64. The molecule has 82 valence electrons. The van der Waals surface area contributed by atoms with Crippen LogP contribution in [-0.2, 0) is 0 Å². The second-order valence-corrected chi connectivity index (χ2v) is 5.64. The van der Waals surface area contributed by atoms with Crippen LogP contribution in [0.4, 0.5) is 0 Å². The second kappa shape index (κ2) is 4.97. The average Bonchev–Trinajstić information content (AvgIpc) is 2.14. The molecule has 0 aromatic rings. The molecule has 1 nitrogen and oxygen atoms in total. The zero-order chi connectivity index (χ0) is 10.6. The molecule has 0 amide bonds. The minimum atomic E-state index is 0.422. The SMILES string of the molecule is CC(CNC1C=CCCC1)C(C)(C)C. The van der Waals surface area contributed by atoms with E-state index < -0.39 is 0 Å². The van der Waals surface area contributed by atoms with Crippen LogP contribution in [0.15, 0.2) is 12.2 Å². The minimum Gasteiger partial charge on any atom is -0.310 e. The van der Waals surface area contributed by atoms with Crippen molar-refractivity contribution in [2.45, 2.75) is 53.0 Å². The number of rotatable bonds is 3. The second-order valence-electron chi connectivity index (χ2n) is 5.64. The third-order valence-corrected chi connectivity index (χ3v) is 3.42. The molecule has 0 fully saturated rings. The van der Waals surface area contributed by atoms with Crippen LogP contribution in [0.5, 0.6) is 0 Å². The molecule has 0 saturated heterocycles. The van der Waals surface area contributed by atoms with Gasteiger partial charge in [-0.1, -0.05) is 39.8 Å². The van der Waals surface area contributed by atoms with Gasteiger partial charge in [-0.3, -0.25) is 0 Å². The normalized spacial score (nSPS) is 25.0. The molecule has 0 heterocycles. The van der Waals surface area contributed by atoms with Crippen molar-refractivity contribution >= 4 is 0 Å². The molecule has 0 bridgehead atoms. The van der Waals surface area contributed by atoms with Crippen molar-refractivity contribution in [2.24, 2.45) is 11.3 Å². The van der Waals surface area contributed by atoms with E-state index in [2.05, 4.69) is 45.2 Å². The summed E-state index contributed by atoms with van der Waals surface area (Å²) in [4.78, 5) is 0. The summed E-state index contributed by atoms with van der Waals surface area (Å²) < 4.78 is 0. The summed E-state index contributed by atoms with van der Waals surface area (Å²) >= 11 is 0. The van der Waals surface area contributed by atoms with E-state index in [1.165, 1.54) is 19.3 Å². The van der Waals surface area contributed by atoms with Crippen LogP contribution in [0.1, 0.15) is 47.0 Å². The van der Waals surface area contributed by atoms with E-state index in [1.54, 1.807) is 0 Å². The van der Waals surface area contributed by atoms with E-state index in [0.29, 0.717) is 11.5 Å². The van der Waals surface area contributed by atoms with Crippen molar-refractivity contribution in [3.05, 3.63) is 12.2 Å². The monoisotopic (exact) mass is 195 g/mol. The van der Waals surface area contributed by atoms with Crippen LogP contribution in [0, 0.1) is 11.3 Å². The summed E-state index contributed by atoms with van der Waals surface area (Å²) in [6, 6.07) is 0.633. The molecule has 1 heteroatoms. The Morgan fingerprint density at radius 2 is 2.14 bits per heavy atom. The number of hydrogen-bond donors (Lipinski definition) is 1. The first-order valence-electron chi connectivity index (χ1n) is 5.90. The summed E-state index contributed by atoms with van der Waals surface area (Å²) in [5.41, 5.74) is 0.422. The molecule has 2 unspecified atom stereocenters. The Bertz CT molecular complexity index is 188. The van der Waals surface area contributed by atoms with Crippen molar-refractivity contribution in [2.75, 3.05) is 6.54 Å². The van der Waals surface area contributed by atoms with Crippen LogP contribution in [0.3, 0.4) is 0 Å². The van der Waals surface area contributed by atoms with Crippen LogP contribution < -0.4 is 5.32 Å². The van der Waals surface area contributed by atoms with Gasteiger partial charge in [0.15, 0.2) is 0 Å². The lowest BCUT2D eigenvalue weighted by atomic mass is 9.82. The zero-order valence-corrected chi connectivity index (χ0v) is 10.1. The molecular weight excluding hydrogens is 170 g/mol. The molecule has 1 aliphatic rings. The van der Waals surface area contributed by atoms with E-state index in [4.69, 9.17) is 0 Å². The van der Waals surface area contributed by atoms with E-state index in [0.717, 1.165) is 12.5 Å². The Kier molecular flexibility index (Phi) is 4.18. The molecule has 0 aromatic carbocycles. The van der Waals surface area contributed by atoms with Crippen molar-refractivity contribution in [1.82, 2.24) is 5.32 Å². The molecule has 2 atom stereocenters. The van der Waals surface area contributed by atoms with Gasteiger partial charge < -0.3 is 5.32 Å². The van der Waals surface area contributed by atoms with Gasteiger partial charge in [0.05, 0.1) is 0 Å².